The second-order valence-corrected chi connectivity index (χ2v) is 8.93. The van der Waals surface area contributed by atoms with Crippen LogP contribution in [-0.4, -0.2) is 32.6 Å². The van der Waals surface area contributed by atoms with Crippen molar-refractivity contribution in [1.82, 2.24) is 20.2 Å². The van der Waals surface area contributed by atoms with E-state index in [1.165, 1.54) is 34.8 Å². The van der Waals surface area contributed by atoms with Gasteiger partial charge in [-0.05, 0) is 36.7 Å². The predicted molar refractivity (Wildman–Crippen MR) is 105 cm³/mol. The number of hydrogen-bond acceptors (Lipinski definition) is 5. The summed E-state index contributed by atoms with van der Waals surface area (Å²) in [6, 6.07) is 8.43. The average Bonchev–Trinajstić information content (AvgIpc) is 3.36. The molecule has 1 heterocycles. The average molecular weight is 374 g/mol. The van der Waals surface area contributed by atoms with Crippen molar-refractivity contribution in [2.75, 3.05) is 11.6 Å². The number of thioether (sulfide) groups is 1. The van der Waals surface area contributed by atoms with Gasteiger partial charge in [-0.25, -0.2) is 4.68 Å². The van der Waals surface area contributed by atoms with Crippen molar-refractivity contribution in [3.8, 4) is 11.4 Å². The lowest BCUT2D eigenvalue weighted by molar-refractivity contribution is -0.119. The van der Waals surface area contributed by atoms with E-state index in [0.717, 1.165) is 5.56 Å². The van der Waals surface area contributed by atoms with Crippen LogP contribution in [0, 0.1) is 5.92 Å². The normalized spacial score (nSPS) is 15.7. The molecule has 26 heavy (non-hydrogen) atoms. The van der Waals surface area contributed by atoms with E-state index in [2.05, 4.69) is 55.3 Å². The van der Waals surface area contributed by atoms with E-state index in [-0.39, 0.29) is 23.1 Å². The maximum atomic E-state index is 12.0. The van der Waals surface area contributed by atoms with Crippen LogP contribution in [0.2, 0.25) is 0 Å². The van der Waals surface area contributed by atoms with Gasteiger partial charge < -0.3 is 11.2 Å². The number of nitrogens with zero attached hydrogens (tertiary/aromatic N) is 3. The zero-order chi connectivity index (χ0) is 18.9. The van der Waals surface area contributed by atoms with E-state index in [0.29, 0.717) is 16.9 Å². The Morgan fingerprint density at radius 3 is 2.54 bits per heavy atom. The van der Waals surface area contributed by atoms with Crippen molar-refractivity contribution in [2.24, 2.45) is 5.92 Å². The summed E-state index contributed by atoms with van der Waals surface area (Å²) >= 11 is 1.30. The molecule has 0 radical (unpaired) electrons. The second-order valence-electron chi connectivity index (χ2n) is 7.99. The van der Waals surface area contributed by atoms with Gasteiger partial charge in [-0.2, -0.15) is 0 Å². The largest absolute Gasteiger partial charge is 0.353 e. The minimum Gasteiger partial charge on any atom is -0.353 e. The monoisotopic (exact) mass is 373 g/mol. The molecule has 0 bridgehead atoms. The van der Waals surface area contributed by atoms with Gasteiger partial charge in [-0.15, -0.1) is 10.2 Å². The summed E-state index contributed by atoms with van der Waals surface area (Å²) < 4.78 is 1.45. The fourth-order valence-electron chi connectivity index (χ4n) is 2.83. The van der Waals surface area contributed by atoms with E-state index in [4.69, 9.17) is 5.84 Å². The zero-order valence-corrected chi connectivity index (χ0v) is 16.6. The van der Waals surface area contributed by atoms with Crippen molar-refractivity contribution in [1.29, 1.82) is 0 Å². The molecule has 140 valence electrons. The third kappa shape index (κ3) is 4.38. The van der Waals surface area contributed by atoms with Gasteiger partial charge in [0.2, 0.25) is 11.1 Å². The van der Waals surface area contributed by atoms with Crippen molar-refractivity contribution >= 4 is 17.7 Å². The first kappa shape index (κ1) is 18.8. The Morgan fingerprint density at radius 1 is 1.31 bits per heavy atom. The molecule has 2 aromatic rings. The van der Waals surface area contributed by atoms with Crippen molar-refractivity contribution < 1.29 is 4.79 Å². The zero-order valence-electron chi connectivity index (χ0n) is 15.8. The lowest BCUT2D eigenvalue weighted by Gasteiger charge is -2.19. The first-order valence-electron chi connectivity index (χ1n) is 8.99. The lowest BCUT2D eigenvalue weighted by atomic mass is 9.87. The van der Waals surface area contributed by atoms with Gasteiger partial charge in [0, 0.05) is 11.6 Å². The van der Waals surface area contributed by atoms with E-state index in [1.807, 2.05) is 12.1 Å². The summed E-state index contributed by atoms with van der Waals surface area (Å²) in [5, 5.41) is 11.9. The quantitative estimate of drug-likeness (QED) is 0.600. The van der Waals surface area contributed by atoms with Gasteiger partial charge >= 0.3 is 0 Å². The molecule has 1 atom stereocenters. The van der Waals surface area contributed by atoms with Gasteiger partial charge in [0.25, 0.3) is 0 Å². The minimum atomic E-state index is 0.00785. The van der Waals surface area contributed by atoms with E-state index in [1.54, 1.807) is 0 Å². The van der Waals surface area contributed by atoms with Gasteiger partial charge in [0.1, 0.15) is 0 Å². The molecule has 1 aromatic heterocycles. The molecule has 0 unspecified atom stereocenters. The number of nitrogen functional groups attached to an aromatic ring is 1. The smallest absolute Gasteiger partial charge is 0.230 e. The highest BCUT2D eigenvalue weighted by Crippen LogP contribution is 2.32. The SMILES string of the molecule is C[C@@H](NC(=O)CSc1nnc(-c2ccc(C(C)(C)C)cc2)n1N)C1CC1. The van der Waals surface area contributed by atoms with Gasteiger partial charge in [-0.1, -0.05) is 56.8 Å². The minimum absolute atomic E-state index is 0.00785. The van der Waals surface area contributed by atoms with Crippen LogP contribution >= 0.6 is 11.8 Å². The number of hydrogen-bond donors (Lipinski definition) is 2. The molecule has 3 N–H and O–H groups in total. The number of aromatic nitrogens is 3. The fraction of sp³-hybridized carbons (Fsp3) is 0.526. The number of carbonyl (C=O) groups is 1. The standard InChI is InChI=1S/C19H27N5OS/c1-12(13-5-6-13)21-16(25)11-26-18-23-22-17(24(18)20)14-7-9-15(10-8-14)19(2,3)4/h7-10,12-13H,5-6,11,20H2,1-4H3,(H,21,25)/t12-/m1/s1. The summed E-state index contributed by atoms with van der Waals surface area (Å²) in [5.74, 6) is 7.68. The van der Waals surface area contributed by atoms with Crippen LogP contribution < -0.4 is 11.2 Å². The van der Waals surface area contributed by atoms with Crippen molar-refractivity contribution in [2.45, 2.75) is 57.1 Å². The number of carbonyl (C=O) groups excluding carboxylic acids is 1. The number of rotatable bonds is 6. The number of benzene rings is 1. The molecule has 6 nitrogen and oxygen atoms in total. The number of amides is 1. The molecule has 1 amide bonds. The van der Waals surface area contributed by atoms with Crippen LogP contribution in [0.15, 0.2) is 29.4 Å². The molecular formula is C19H27N5OS. The molecule has 3 rings (SSSR count). The van der Waals surface area contributed by atoms with E-state index >= 15 is 0 Å². The van der Waals surface area contributed by atoms with Crippen LogP contribution in [0.5, 0.6) is 0 Å². The van der Waals surface area contributed by atoms with Crippen LogP contribution in [-0.2, 0) is 10.2 Å². The molecular weight excluding hydrogens is 346 g/mol. The predicted octanol–water partition coefficient (Wildman–Crippen LogP) is 2.96. The summed E-state index contributed by atoms with van der Waals surface area (Å²) in [5.41, 5.74) is 2.26. The molecule has 1 aliphatic rings. The Labute approximate surface area is 158 Å². The van der Waals surface area contributed by atoms with E-state index in [9.17, 15) is 4.79 Å². The first-order chi connectivity index (χ1) is 12.3. The Bertz CT molecular complexity index is 774. The topological polar surface area (TPSA) is 85.8 Å². The summed E-state index contributed by atoms with van der Waals surface area (Å²) in [6.45, 7) is 8.59. The Hall–Kier alpha value is -2.02. The highest BCUT2D eigenvalue weighted by Gasteiger charge is 2.28. The molecule has 0 spiro atoms. The molecule has 1 fully saturated rings. The van der Waals surface area contributed by atoms with E-state index < -0.39 is 0 Å². The number of nitrogens with one attached hydrogen (secondary N) is 1. The Kier molecular flexibility index (Phi) is 5.27. The first-order valence-corrected chi connectivity index (χ1v) is 9.98. The van der Waals surface area contributed by atoms with Gasteiger partial charge in [0.05, 0.1) is 5.75 Å². The van der Waals surface area contributed by atoms with Crippen LogP contribution in [0.4, 0.5) is 0 Å². The third-order valence-corrected chi connectivity index (χ3v) is 5.67. The van der Waals surface area contributed by atoms with Gasteiger partial charge in [0.15, 0.2) is 5.82 Å². The summed E-state index contributed by atoms with van der Waals surface area (Å²) in [4.78, 5) is 12.0. The Balaban J connectivity index is 1.63. The maximum absolute atomic E-state index is 12.0. The summed E-state index contributed by atoms with van der Waals surface area (Å²) in [6.07, 6.45) is 2.42. The number of nitrogens with two attached hydrogens (primary N) is 1. The second kappa shape index (κ2) is 7.31. The van der Waals surface area contributed by atoms with Crippen molar-refractivity contribution in [3.05, 3.63) is 29.8 Å². The maximum Gasteiger partial charge on any atom is 0.230 e. The molecule has 7 heteroatoms. The molecule has 0 saturated heterocycles. The third-order valence-electron chi connectivity index (χ3n) is 4.72. The summed E-state index contributed by atoms with van der Waals surface area (Å²) in [7, 11) is 0. The van der Waals surface area contributed by atoms with Crippen molar-refractivity contribution in [3.63, 3.8) is 0 Å². The van der Waals surface area contributed by atoms with Crippen LogP contribution in [0.3, 0.4) is 0 Å². The van der Waals surface area contributed by atoms with Gasteiger partial charge in [-0.3, -0.25) is 4.79 Å². The fourth-order valence-corrected chi connectivity index (χ4v) is 3.50. The highest BCUT2D eigenvalue weighted by molar-refractivity contribution is 7.99. The van der Waals surface area contributed by atoms with Crippen LogP contribution in [0.1, 0.15) is 46.1 Å². The molecule has 1 aromatic carbocycles. The molecule has 0 aliphatic heterocycles. The van der Waals surface area contributed by atoms with Crippen LogP contribution in [0.25, 0.3) is 11.4 Å². The lowest BCUT2D eigenvalue weighted by Crippen LogP contribution is -2.35. The molecule has 1 aliphatic carbocycles. The highest BCUT2D eigenvalue weighted by atomic mass is 32.2. The Morgan fingerprint density at radius 2 is 1.96 bits per heavy atom. The molecule has 1 saturated carbocycles.